The van der Waals surface area contributed by atoms with E-state index in [2.05, 4.69) is 17.1 Å². The highest BCUT2D eigenvalue weighted by Crippen LogP contribution is 2.13. The van der Waals surface area contributed by atoms with Crippen molar-refractivity contribution < 1.29 is 4.74 Å². The van der Waals surface area contributed by atoms with Gasteiger partial charge in [-0.1, -0.05) is 0 Å². The molecule has 0 aromatic rings. The molecule has 3 heteroatoms. The zero-order valence-corrected chi connectivity index (χ0v) is 7.75. The maximum absolute atomic E-state index is 5.51. The number of nitrogens with one attached hydrogen (secondary N) is 1. The second-order valence-electron chi connectivity index (χ2n) is 3.82. The molecule has 2 fully saturated rings. The molecule has 12 heavy (non-hydrogen) atoms. The summed E-state index contributed by atoms with van der Waals surface area (Å²) in [5.74, 6) is 0. The molecule has 2 aliphatic heterocycles. The number of ether oxygens (including phenoxy) is 1. The minimum atomic E-state index is 0.430. The molecule has 0 saturated carbocycles. The number of hydrogen-bond acceptors (Lipinski definition) is 3. The van der Waals surface area contributed by atoms with Crippen LogP contribution in [0.25, 0.3) is 0 Å². The highest BCUT2D eigenvalue weighted by Gasteiger charge is 2.26. The molecule has 0 bridgehead atoms. The van der Waals surface area contributed by atoms with Crippen molar-refractivity contribution >= 4 is 0 Å². The van der Waals surface area contributed by atoms with Gasteiger partial charge in [0.05, 0.1) is 12.7 Å². The Hall–Kier alpha value is -0.120. The van der Waals surface area contributed by atoms with Gasteiger partial charge in [0.15, 0.2) is 0 Å². The van der Waals surface area contributed by atoms with E-state index in [1.807, 2.05) is 0 Å². The first kappa shape index (κ1) is 8.48. The van der Waals surface area contributed by atoms with E-state index in [1.54, 1.807) is 0 Å². The molecular weight excluding hydrogens is 152 g/mol. The van der Waals surface area contributed by atoms with E-state index in [9.17, 15) is 0 Å². The van der Waals surface area contributed by atoms with Gasteiger partial charge in [-0.05, 0) is 19.9 Å². The normalized spacial score (nSPS) is 38.8. The first-order valence-electron chi connectivity index (χ1n) is 4.92. The SMILES string of the molecule is CC1CN(C2CCNC2)CCO1. The van der Waals surface area contributed by atoms with Crippen LogP contribution in [0.4, 0.5) is 0 Å². The smallest absolute Gasteiger partial charge is 0.0674 e. The third-order valence-corrected chi connectivity index (χ3v) is 2.82. The van der Waals surface area contributed by atoms with Gasteiger partial charge in [0.2, 0.25) is 0 Å². The average molecular weight is 170 g/mol. The molecule has 0 aliphatic carbocycles. The van der Waals surface area contributed by atoms with Gasteiger partial charge in [-0.3, -0.25) is 4.90 Å². The lowest BCUT2D eigenvalue weighted by Gasteiger charge is -2.35. The summed E-state index contributed by atoms with van der Waals surface area (Å²) in [7, 11) is 0. The summed E-state index contributed by atoms with van der Waals surface area (Å²) in [5, 5.41) is 3.40. The second-order valence-corrected chi connectivity index (χ2v) is 3.82. The van der Waals surface area contributed by atoms with E-state index in [4.69, 9.17) is 4.74 Å². The van der Waals surface area contributed by atoms with Gasteiger partial charge in [0.1, 0.15) is 0 Å². The summed E-state index contributed by atoms with van der Waals surface area (Å²) in [6.07, 6.45) is 1.74. The van der Waals surface area contributed by atoms with E-state index < -0.39 is 0 Å². The summed E-state index contributed by atoms with van der Waals surface area (Å²) < 4.78 is 5.51. The van der Waals surface area contributed by atoms with E-state index >= 15 is 0 Å². The Bertz CT molecular complexity index is 145. The van der Waals surface area contributed by atoms with Crippen LogP contribution < -0.4 is 5.32 Å². The fourth-order valence-electron chi connectivity index (χ4n) is 2.13. The van der Waals surface area contributed by atoms with Crippen molar-refractivity contribution in [2.75, 3.05) is 32.8 Å². The molecule has 2 atom stereocenters. The van der Waals surface area contributed by atoms with Gasteiger partial charge in [-0.2, -0.15) is 0 Å². The molecule has 2 rings (SSSR count). The number of hydrogen-bond donors (Lipinski definition) is 1. The van der Waals surface area contributed by atoms with Crippen molar-refractivity contribution in [1.82, 2.24) is 10.2 Å². The zero-order chi connectivity index (χ0) is 8.39. The Morgan fingerprint density at radius 3 is 3.08 bits per heavy atom. The summed E-state index contributed by atoms with van der Waals surface area (Å²) in [6, 6.07) is 0.774. The van der Waals surface area contributed by atoms with Crippen molar-refractivity contribution in [2.45, 2.75) is 25.5 Å². The lowest BCUT2D eigenvalue weighted by molar-refractivity contribution is -0.0311. The van der Waals surface area contributed by atoms with Gasteiger partial charge in [-0.15, -0.1) is 0 Å². The third kappa shape index (κ3) is 1.79. The quantitative estimate of drug-likeness (QED) is 0.602. The van der Waals surface area contributed by atoms with E-state index in [1.165, 1.54) is 19.5 Å². The first-order chi connectivity index (χ1) is 5.86. The molecule has 1 N–H and O–H groups in total. The van der Waals surface area contributed by atoms with Crippen LogP contribution in [0.2, 0.25) is 0 Å². The predicted molar refractivity (Wildman–Crippen MR) is 48.3 cm³/mol. The Morgan fingerprint density at radius 2 is 2.42 bits per heavy atom. The lowest BCUT2D eigenvalue weighted by atomic mass is 10.2. The Morgan fingerprint density at radius 1 is 1.50 bits per heavy atom. The van der Waals surface area contributed by atoms with Crippen LogP contribution in [-0.2, 0) is 4.74 Å². The van der Waals surface area contributed by atoms with Crippen molar-refractivity contribution in [3.63, 3.8) is 0 Å². The molecule has 70 valence electrons. The van der Waals surface area contributed by atoms with E-state index in [0.29, 0.717) is 6.10 Å². The van der Waals surface area contributed by atoms with Gasteiger partial charge < -0.3 is 10.1 Å². The molecular formula is C9H18N2O. The summed E-state index contributed by atoms with van der Waals surface area (Å²) >= 11 is 0. The largest absolute Gasteiger partial charge is 0.376 e. The van der Waals surface area contributed by atoms with Gasteiger partial charge in [-0.25, -0.2) is 0 Å². The molecule has 2 unspecified atom stereocenters. The van der Waals surface area contributed by atoms with Crippen molar-refractivity contribution in [3.8, 4) is 0 Å². The summed E-state index contributed by atoms with van der Waals surface area (Å²) in [4.78, 5) is 2.56. The van der Waals surface area contributed by atoms with Crippen molar-refractivity contribution in [2.24, 2.45) is 0 Å². The maximum atomic E-state index is 5.51. The molecule has 2 aliphatic rings. The van der Waals surface area contributed by atoms with Gasteiger partial charge >= 0.3 is 0 Å². The molecule has 0 amide bonds. The summed E-state index contributed by atoms with van der Waals surface area (Å²) in [5.41, 5.74) is 0. The third-order valence-electron chi connectivity index (χ3n) is 2.82. The minimum absolute atomic E-state index is 0.430. The number of morpholine rings is 1. The van der Waals surface area contributed by atoms with Crippen LogP contribution in [0.1, 0.15) is 13.3 Å². The van der Waals surface area contributed by atoms with Gasteiger partial charge in [0.25, 0.3) is 0 Å². The Balaban J connectivity index is 1.85. The Labute approximate surface area is 74.1 Å². The predicted octanol–water partition coefficient (Wildman–Crippen LogP) is 0.0690. The highest BCUT2D eigenvalue weighted by atomic mass is 16.5. The Kier molecular flexibility index (Phi) is 2.63. The standard InChI is InChI=1S/C9H18N2O/c1-8-7-11(4-5-12-8)9-2-3-10-6-9/h8-10H,2-7H2,1H3. The highest BCUT2D eigenvalue weighted by molar-refractivity contribution is 4.83. The number of nitrogens with zero attached hydrogens (tertiary/aromatic N) is 1. The van der Waals surface area contributed by atoms with Crippen LogP contribution >= 0.6 is 0 Å². The fraction of sp³-hybridized carbons (Fsp3) is 1.00. The molecule has 0 aromatic heterocycles. The van der Waals surface area contributed by atoms with Crippen molar-refractivity contribution in [1.29, 1.82) is 0 Å². The van der Waals surface area contributed by atoms with Crippen molar-refractivity contribution in [3.05, 3.63) is 0 Å². The molecule has 2 heterocycles. The molecule has 0 radical (unpaired) electrons. The van der Waals surface area contributed by atoms with Crippen LogP contribution in [0.3, 0.4) is 0 Å². The second kappa shape index (κ2) is 3.73. The molecule has 0 aromatic carbocycles. The monoisotopic (exact) mass is 170 g/mol. The minimum Gasteiger partial charge on any atom is -0.376 e. The summed E-state index contributed by atoms with van der Waals surface area (Å²) in [6.45, 7) is 7.68. The molecule has 3 nitrogen and oxygen atoms in total. The van der Waals surface area contributed by atoms with Crippen LogP contribution in [-0.4, -0.2) is 49.8 Å². The van der Waals surface area contributed by atoms with Crippen LogP contribution in [0, 0.1) is 0 Å². The topological polar surface area (TPSA) is 24.5 Å². The van der Waals surface area contributed by atoms with Crippen LogP contribution in [0.15, 0.2) is 0 Å². The average Bonchev–Trinajstić information content (AvgIpc) is 2.56. The molecule has 0 spiro atoms. The maximum Gasteiger partial charge on any atom is 0.0674 e. The number of rotatable bonds is 1. The fourth-order valence-corrected chi connectivity index (χ4v) is 2.13. The van der Waals surface area contributed by atoms with E-state index in [0.717, 1.165) is 25.7 Å². The van der Waals surface area contributed by atoms with Gasteiger partial charge in [0, 0.05) is 25.7 Å². The van der Waals surface area contributed by atoms with Crippen LogP contribution in [0.5, 0.6) is 0 Å². The van der Waals surface area contributed by atoms with E-state index in [-0.39, 0.29) is 0 Å². The lowest BCUT2D eigenvalue weighted by Crippen LogP contribution is -2.47. The first-order valence-corrected chi connectivity index (χ1v) is 4.92. The molecule has 2 saturated heterocycles. The zero-order valence-electron chi connectivity index (χ0n) is 7.75.